The highest BCUT2D eigenvalue weighted by molar-refractivity contribution is 7.22. The number of methoxy groups -OCH3 is 1. The first-order chi connectivity index (χ1) is 13.9. The summed E-state index contributed by atoms with van der Waals surface area (Å²) in [6, 6.07) is 13.6. The van der Waals surface area contributed by atoms with Crippen molar-refractivity contribution in [2.24, 2.45) is 0 Å². The number of para-hydroxylation sites is 1. The zero-order valence-corrected chi connectivity index (χ0v) is 17.6. The smallest absolute Gasteiger partial charge is 0.293 e. The average Bonchev–Trinajstić information content (AvgIpc) is 3.30. The van der Waals surface area contributed by atoms with Gasteiger partial charge in [0.2, 0.25) is 0 Å². The third kappa shape index (κ3) is 3.89. The highest BCUT2D eigenvalue weighted by Gasteiger charge is 2.16. The molecule has 148 valence electrons. The Bertz CT molecular complexity index is 1180. The van der Waals surface area contributed by atoms with Crippen LogP contribution in [0.15, 0.2) is 46.9 Å². The number of hydrogen-bond acceptors (Lipinski definition) is 5. The summed E-state index contributed by atoms with van der Waals surface area (Å²) < 4.78 is 12.1. The van der Waals surface area contributed by atoms with Gasteiger partial charge in [0.15, 0.2) is 10.9 Å². The molecule has 0 radical (unpaired) electrons. The first kappa shape index (κ1) is 19.2. The number of thiazole rings is 1. The number of furan rings is 1. The molecule has 0 saturated carbocycles. The van der Waals surface area contributed by atoms with Crippen LogP contribution < -0.4 is 10.1 Å². The van der Waals surface area contributed by atoms with E-state index < -0.39 is 0 Å². The third-order valence-corrected chi connectivity index (χ3v) is 5.84. The molecule has 29 heavy (non-hydrogen) atoms. The maximum Gasteiger partial charge on any atom is 0.293 e. The van der Waals surface area contributed by atoms with Gasteiger partial charge < -0.3 is 9.15 Å². The second kappa shape index (κ2) is 7.72. The predicted molar refractivity (Wildman–Crippen MR) is 116 cm³/mol. The first-order valence-electron chi connectivity index (χ1n) is 9.35. The fourth-order valence-electron chi connectivity index (χ4n) is 3.56. The Morgan fingerprint density at radius 3 is 2.62 bits per heavy atom. The molecule has 5 nitrogen and oxygen atoms in total. The molecule has 0 unspecified atom stereocenters. The van der Waals surface area contributed by atoms with Crippen LogP contribution in [0.25, 0.3) is 10.2 Å². The molecule has 4 aromatic rings. The van der Waals surface area contributed by atoms with Gasteiger partial charge in [-0.05, 0) is 61.7 Å². The van der Waals surface area contributed by atoms with Crippen LogP contribution in [0.3, 0.4) is 0 Å². The Balaban J connectivity index is 1.52. The van der Waals surface area contributed by atoms with Gasteiger partial charge in [-0.2, -0.15) is 0 Å². The topological polar surface area (TPSA) is 64.4 Å². The number of nitrogens with zero attached hydrogens (tertiary/aromatic N) is 1. The summed E-state index contributed by atoms with van der Waals surface area (Å²) in [5.41, 5.74) is 5.67. The van der Waals surface area contributed by atoms with Gasteiger partial charge in [0.1, 0.15) is 17.0 Å². The molecular formula is C23H22N2O3S. The molecule has 0 spiro atoms. The summed E-state index contributed by atoms with van der Waals surface area (Å²) in [7, 11) is 1.61. The summed E-state index contributed by atoms with van der Waals surface area (Å²) in [6.45, 7) is 6.30. The number of rotatable bonds is 5. The molecule has 4 rings (SSSR count). The Kier molecular flexibility index (Phi) is 5.11. The van der Waals surface area contributed by atoms with E-state index in [9.17, 15) is 4.79 Å². The van der Waals surface area contributed by atoms with E-state index in [2.05, 4.69) is 43.2 Å². The second-order valence-corrected chi connectivity index (χ2v) is 8.13. The Hall–Kier alpha value is -3.12. The summed E-state index contributed by atoms with van der Waals surface area (Å²) in [6.07, 6.45) is 0.656. The summed E-state index contributed by atoms with van der Waals surface area (Å²) in [5, 5.41) is 3.34. The number of ether oxygens (including phenoxy) is 1. The summed E-state index contributed by atoms with van der Waals surface area (Å²) >= 11 is 1.40. The molecule has 0 bridgehead atoms. The molecule has 0 aliphatic heterocycles. The average molecular weight is 407 g/mol. The van der Waals surface area contributed by atoms with E-state index in [0.29, 0.717) is 17.3 Å². The lowest BCUT2D eigenvalue weighted by Gasteiger charge is -2.09. The number of fused-ring (bicyclic) bond motifs is 1. The number of carbonyl (C=O) groups excluding carboxylic acids is 1. The predicted octanol–water partition coefficient (Wildman–Crippen LogP) is 5.67. The largest absolute Gasteiger partial charge is 0.494 e. The van der Waals surface area contributed by atoms with Crippen LogP contribution in [-0.4, -0.2) is 18.0 Å². The van der Waals surface area contributed by atoms with E-state index in [1.165, 1.54) is 33.6 Å². The van der Waals surface area contributed by atoms with Crippen molar-refractivity contribution in [2.75, 3.05) is 12.4 Å². The second-order valence-electron chi connectivity index (χ2n) is 7.10. The van der Waals surface area contributed by atoms with Gasteiger partial charge in [-0.1, -0.05) is 35.1 Å². The minimum Gasteiger partial charge on any atom is -0.494 e. The zero-order valence-electron chi connectivity index (χ0n) is 16.8. The molecule has 0 saturated heterocycles. The van der Waals surface area contributed by atoms with E-state index in [0.717, 1.165) is 16.0 Å². The zero-order chi connectivity index (χ0) is 20.5. The monoisotopic (exact) mass is 406 g/mol. The van der Waals surface area contributed by atoms with Crippen molar-refractivity contribution in [2.45, 2.75) is 27.2 Å². The number of nitrogens with one attached hydrogen (secondary N) is 1. The van der Waals surface area contributed by atoms with Crippen molar-refractivity contribution in [3.8, 4) is 5.75 Å². The third-order valence-electron chi connectivity index (χ3n) is 4.90. The van der Waals surface area contributed by atoms with Crippen molar-refractivity contribution >= 4 is 32.6 Å². The van der Waals surface area contributed by atoms with Crippen molar-refractivity contribution in [3.05, 3.63) is 76.2 Å². The summed E-state index contributed by atoms with van der Waals surface area (Å²) in [5.74, 6) is 1.40. The Morgan fingerprint density at radius 2 is 1.90 bits per heavy atom. The van der Waals surface area contributed by atoms with Gasteiger partial charge >= 0.3 is 0 Å². The number of carbonyl (C=O) groups is 1. The van der Waals surface area contributed by atoms with E-state index >= 15 is 0 Å². The minimum atomic E-state index is -0.313. The molecule has 0 aliphatic carbocycles. The number of aromatic nitrogens is 1. The lowest BCUT2D eigenvalue weighted by molar-refractivity contribution is 0.0995. The highest BCUT2D eigenvalue weighted by atomic mass is 32.1. The molecule has 0 aliphatic rings. The van der Waals surface area contributed by atoms with E-state index in [-0.39, 0.29) is 11.7 Å². The number of amides is 1. The van der Waals surface area contributed by atoms with Crippen LogP contribution >= 0.6 is 11.3 Å². The van der Waals surface area contributed by atoms with Gasteiger partial charge in [-0.25, -0.2) is 4.98 Å². The van der Waals surface area contributed by atoms with Crippen LogP contribution in [0, 0.1) is 20.8 Å². The van der Waals surface area contributed by atoms with Crippen molar-refractivity contribution in [1.82, 2.24) is 4.98 Å². The van der Waals surface area contributed by atoms with Gasteiger partial charge in [0.25, 0.3) is 5.91 Å². The van der Waals surface area contributed by atoms with Crippen LogP contribution in [0.1, 0.15) is 38.6 Å². The van der Waals surface area contributed by atoms with Crippen LogP contribution in [-0.2, 0) is 6.42 Å². The maximum atomic E-state index is 12.6. The maximum absolute atomic E-state index is 12.6. The molecule has 2 heterocycles. The van der Waals surface area contributed by atoms with Gasteiger partial charge in [-0.15, -0.1) is 0 Å². The molecule has 2 aromatic heterocycles. The number of hydrogen-bond donors (Lipinski definition) is 1. The first-order valence-corrected chi connectivity index (χ1v) is 10.2. The fourth-order valence-corrected chi connectivity index (χ4v) is 4.44. The van der Waals surface area contributed by atoms with Crippen LogP contribution in [0.5, 0.6) is 5.75 Å². The van der Waals surface area contributed by atoms with E-state index in [1.54, 1.807) is 13.2 Å². The number of benzene rings is 2. The van der Waals surface area contributed by atoms with E-state index in [1.807, 2.05) is 24.3 Å². The number of anilines is 1. The SMILES string of the molecule is COc1cccc2sc(NC(=O)c3ccc(Cc4c(C)cc(C)cc4C)o3)nc12. The molecule has 2 aromatic carbocycles. The van der Waals surface area contributed by atoms with E-state index in [4.69, 9.17) is 9.15 Å². The quantitative estimate of drug-likeness (QED) is 0.464. The molecular weight excluding hydrogens is 384 g/mol. The van der Waals surface area contributed by atoms with Crippen molar-refractivity contribution < 1.29 is 13.9 Å². The van der Waals surface area contributed by atoms with Gasteiger partial charge in [0.05, 0.1) is 11.8 Å². The van der Waals surface area contributed by atoms with Crippen molar-refractivity contribution in [1.29, 1.82) is 0 Å². The standard InChI is InChI=1S/C23H22N2O3S/c1-13-10-14(2)17(15(3)11-13)12-16-8-9-19(28-16)22(26)25-23-24-21-18(27-4)6-5-7-20(21)29-23/h5-11H,12H2,1-4H3,(H,24,25,26). The normalized spacial score (nSPS) is 11.0. The molecule has 1 N–H and O–H groups in total. The lowest BCUT2D eigenvalue weighted by atomic mass is 9.97. The highest BCUT2D eigenvalue weighted by Crippen LogP contribution is 2.32. The van der Waals surface area contributed by atoms with Crippen molar-refractivity contribution in [3.63, 3.8) is 0 Å². The minimum absolute atomic E-state index is 0.272. The Morgan fingerprint density at radius 1 is 1.14 bits per heavy atom. The van der Waals surface area contributed by atoms with Crippen LogP contribution in [0.2, 0.25) is 0 Å². The number of aryl methyl sites for hydroxylation is 3. The lowest BCUT2D eigenvalue weighted by Crippen LogP contribution is -2.10. The fraction of sp³-hybridized carbons (Fsp3) is 0.217. The van der Waals surface area contributed by atoms with Gasteiger partial charge in [0, 0.05) is 6.42 Å². The Labute approximate surface area is 173 Å². The molecule has 1 amide bonds. The molecule has 6 heteroatoms. The molecule has 0 atom stereocenters. The van der Waals surface area contributed by atoms with Crippen LogP contribution in [0.4, 0.5) is 5.13 Å². The van der Waals surface area contributed by atoms with Gasteiger partial charge in [-0.3, -0.25) is 10.1 Å². The molecule has 0 fully saturated rings. The summed E-state index contributed by atoms with van der Waals surface area (Å²) in [4.78, 5) is 17.1.